The number of hydrogen-bond donors (Lipinski definition) is 0. The summed E-state index contributed by atoms with van der Waals surface area (Å²) < 4.78 is 2.05. The van der Waals surface area contributed by atoms with E-state index in [1.165, 1.54) is 5.56 Å². The van der Waals surface area contributed by atoms with Crippen molar-refractivity contribution < 1.29 is 0 Å². The summed E-state index contributed by atoms with van der Waals surface area (Å²) in [6.07, 6.45) is 5.70. The van der Waals surface area contributed by atoms with Crippen LogP contribution in [0.4, 0.5) is 0 Å². The Labute approximate surface area is 182 Å². The first-order valence-electron chi connectivity index (χ1n) is 9.43. The molecule has 0 amide bonds. The third-order valence-corrected chi connectivity index (χ3v) is 6.58. The number of aromatic nitrogens is 3. The van der Waals surface area contributed by atoms with Gasteiger partial charge in [0.2, 0.25) is 0 Å². The molecule has 3 nitrogen and oxygen atoms in total. The number of imidazole rings is 1. The Morgan fingerprint density at radius 1 is 1.00 bits per heavy atom. The van der Waals surface area contributed by atoms with Crippen molar-refractivity contribution in [3.05, 3.63) is 76.0 Å². The first-order valence-corrected chi connectivity index (χ1v) is 11.1. The van der Waals surface area contributed by atoms with Gasteiger partial charge in [0.1, 0.15) is 11.8 Å². The molecule has 0 fully saturated rings. The zero-order chi connectivity index (χ0) is 20.0. The van der Waals surface area contributed by atoms with Gasteiger partial charge < -0.3 is 0 Å². The predicted octanol–water partition coefficient (Wildman–Crippen LogP) is 7.56. The summed E-state index contributed by atoms with van der Waals surface area (Å²) in [7, 11) is 0. The molecule has 3 aromatic heterocycles. The normalized spacial score (nSPS) is 11.6. The highest BCUT2D eigenvalue weighted by molar-refractivity contribution is 7.13. The second kappa shape index (κ2) is 7.45. The highest BCUT2D eigenvalue weighted by atomic mass is 35.5. The fourth-order valence-corrected chi connectivity index (χ4v) is 5.07. The van der Waals surface area contributed by atoms with E-state index in [0.717, 1.165) is 50.9 Å². The van der Waals surface area contributed by atoms with Crippen LogP contribution < -0.4 is 0 Å². The zero-order valence-corrected chi connectivity index (χ0v) is 18.0. The lowest BCUT2D eigenvalue weighted by Crippen LogP contribution is -1.96. The van der Waals surface area contributed by atoms with E-state index in [0.29, 0.717) is 10.0 Å². The Morgan fingerprint density at radius 3 is 2.66 bits per heavy atom. The molecule has 0 saturated carbocycles. The number of thiophene rings is 1. The Kier molecular flexibility index (Phi) is 4.78. The Bertz CT molecular complexity index is 1340. The van der Waals surface area contributed by atoms with E-state index in [1.54, 1.807) is 17.5 Å². The summed E-state index contributed by atoms with van der Waals surface area (Å²) >= 11 is 14.9. The molecule has 0 atom stereocenters. The predicted molar refractivity (Wildman–Crippen MR) is 124 cm³/mol. The number of fused-ring (bicyclic) bond motifs is 3. The van der Waals surface area contributed by atoms with Crippen LogP contribution in [0.25, 0.3) is 38.1 Å². The number of rotatable bonds is 4. The van der Waals surface area contributed by atoms with Crippen LogP contribution in [0.5, 0.6) is 0 Å². The Morgan fingerprint density at radius 2 is 1.90 bits per heavy atom. The number of nitrogens with zero attached hydrogens (tertiary/aromatic N) is 3. The van der Waals surface area contributed by atoms with Crippen molar-refractivity contribution in [1.82, 2.24) is 14.5 Å². The van der Waals surface area contributed by atoms with Crippen LogP contribution >= 0.6 is 34.5 Å². The molecule has 0 aliphatic carbocycles. The quantitative estimate of drug-likeness (QED) is 0.290. The van der Waals surface area contributed by atoms with Gasteiger partial charge in [-0.15, -0.1) is 11.3 Å². The lowest BCUT2D eigenvalue weighted by atomic mass is 10.1. The van der Waals surface area contributed by atoms with E-state index in [-0.39, 0.29) is 0 Å². The highest BCUT2D eigenvalue weighted by Crippen LogP contribution is 2.37. The zero-order valence-electron chi connectivity index (χ0n) is 15.7. The van der Waals surface area contributed by atoms with E-state index in [9.17, 15) is 0 Å². The van der Waals surface area contributed by atoms with Gasteiger partial charge in [-0.3, -0.25) is 9.55 Å². The van der Waals surface area contributed by atoms with Gasteiger partial charge in [0, 0.05) is 15.8 Å². The molecule has 0 aliphatic heterocycles. The van der Waals surface area contributed by atoms with Crippen LogP contribution in [-0.2, 0) is 6.42 Å². The molecule has 0 unspecified atom stereocenters. The smallest absolute Gasteiger partial charge is 0.108 e. The minimum atomic E-state index is 0.694. The summed E-state index contributed by atoms with van der Waals surface area (Å²) in [6, 6.07) is 14.4. The van der Waals surface area contributed by atoms with Gasteiger partial charge in [0.15, 0.2) is 0 Å². The second-order valence-corrected chi connectivity index (χ2v) is 8.73. The maximum absolute atomic E-state index is 6.66. The number of benzene rings is 2. The molecule has 0 saturated heterocycles. The van der Waals surface area contributed by atoms with Crippen LogP contribution in [0.1, 0.15) is 18.9 Å². The van der Waals surface area contributed by atoms with Crippen LogP contribution in [0, 0.1) is 0 Å². The lowest BCUT2D eigenvalue weighted by molar-refractivity contribution is 0.920. The monoisotopic (exact) mass is 437 g/mol. The van der Waals surface area contributed by atoms with Crippen molar-refractivity contribution >= 4 is 56.5 Å². The van der Waals surface area contributed by atoms with Crippen LogP contribution in [-0.4, -0.2) is 14.5 Å². The van der Waals surface area contributed by atoms with E-state index in [1.807, 2.05) is 29.1 Å². The van der Waals surface area contributed by atoms with E-state index < -0.39 is 0 Å². The molecule has 0 N–H and O–H groups in total. The largest absolute Gasteiger partial charge is 0.297 e. The van der Waals surface area contributed by atoms with Crippen LogP contribution in [0.15, 0.2) is 60.4 Å². The van der Waals surface area contributed by atoms with Gasteiger partial charge in [0.25, 0.3) is 0 Å². The van der Waals surface area contributed by atoms with Crippen molar-refractivity contribution in [2.75, 3.05) is 0 Å². The molecule has 29 heavy (non-hydrogen) atoms. The van der Waals surface area contributed by atoms with Gasteiger partial charge >= 0.3 is 0 Å². The van der Waals surface area contributed by atoms with Gasteiger partial charge in [-0.05, 0) is 47.7 Å². The summed E-state index contributed by atoms with van der Waals surface area (Å²) in [5, 5.41) is 4.46. The topological polar surface area (TPSA) is 30.7 Å². The second-order valence-electron chi connectivity index (χ2n) is 6.97. The van der Waals surface area contributed by atoms with Crippen LogP contribution in [0.2, 0.25) is 10.0 Å². The molecule has 0 bridgehead atoms. The van der Waals surface area contributed by atoms with Crippen molar-refractivity contribution in [3.8, 4) is 16.1 Å². The minimum absolute atomic E-state index is 0.694. The van der Waals surface area contributed by atoms with Gasteiger partial charge in [-0.25, -0.2) is 4.98 Å². The fraction of sp³-hybridized carbons (Fsp3) is 0.130. The molecule has 144 valence electrons. The van der Waals surface area contributed by atoms with Gasteiger partial charge in [0.05, 0.1) is 33.0 Å². The van der Waals surface area contributed by atoms with Gasteiger partial charge in [-0.1, -0.05) is 48.7 Å². The fourth-order valence-electron chi connectivity index (χ4n) is 3.71. The molecule has 5 rings (SSSR count). The molecule has 2 aromatic carbocycles. The molecule has 5 aromatic rings. The minimum Gasteiger partial charge on any atom is -0.297 e. The summed E-state index contributed by atoms with van der Waals surface area (Å²) in [6.45, 7) is 2.17. The van der Waals surface area contributed by atoms with Crippen molar-refractivity contribution in [2.45, 2.75) is 19.8 Å². The summed E-state index contributed by atoms with van der Waals surface area (Å²) in [4.78, 5) is 10.3. The van der Waals surface area contributed by atoms with Crippen molar-refractivity contribution in [3.63, 3.8) is 0 Å². The number of hydrogen-bond acceptors (Lipinski definition) is 3. The molecule has 0 spiro atoms. The maximum atomic E-state index is 6.66. The number of pyridine rings is 1. The van der Waals surface area contributed by atoms with Crippen LogP contribution in [0.3, 0.4) is 0 Å². The molecule has 0 aliphatic rings. The Balaban J connectivity index is 1.77. The molecular weight excluding hydrogens is 421 g/mol. The average molecular weight is 438 g/mol. The summed E-state index contributed by atoms with van der Waals surface area (Å²) in [5.41, 5.74) is 5.79. The first kappa shape index (κ1) is 18.6. The average Bonchev–Trinajstić information content (AvgIpc) is 3.38. The first-order chi connectivity index (χ1) is 14.2. The number of aryl methyl sites for hydroxylation is 1. The number of halogens is 2. The van der Waals surface area contributed by atoms with E-state index in [4.69, 9.17) is 23.2 Å². The molecular formula is C23H17Cl2N3S. The maximum Gasteiger partial charge on any atom is 0.108 e. The lowest BCUT2D eigenvalue weighted by Gasteiger charge is -2.11. The SMILES string of the molecule is CCCc1ccc(-n2cnc3cnc4cc(Cl)c(-c5cccs5)cc4c32)c(Cl)c1. The summed E-state index contributed by atoms with van der Waals surface area (Å²) in [5.74, 6) is 0. The van der Waals surface area contributed by atoms with E-state index in [2.05, 4.69) is 46.5 Å². The molecule has 3 heterocycles. The highest BCUT2D eigenvalue weighted by Gasteiger charge is 2.15. The Hall–Kier alpha value is -2.40. The molecule has 6 heteroatoms. The third-order valence-electron chi connectivity index (χ3n) is 5.06. The van der Waals surface area contributed by atoms with Crippen molar-refractivity contribution in [1.29, 1.82) is 0 Å². The van der Waals surface area contributed by atoms with Gasteiger partial charge in [-0.2, -0.15) is 0 Å². The standard InChI is InChI=1S/C23H17Cl2N3S/c1-2-4-14-6-7-21(18(25)9-14)28-13-27-20-12-26-19-11-17(24)15(10-16(19)23(20)28)22-5-3-8-29-22/h3,5-13H,2,4H2,1H3. The molecule has 0 radical (unpaired) electrons. The van der Waals surface area contributed by atoms with Crippen molar-refractivity contribution in [2.24, 2.45) is 0 Å². The van der Waals surface area contributed by atoms with E-state index >= 15 is 0 Å². The third kappa shape index (κ3) is 3.21.